The van der Waals surface area contributed by atoms with Gasteiger partial charge in [-0.3, -0.25) is 0 Å². The van der Waals surface area contributed by atoms with Gasteiger partial charge in [0.25, 0.3) is 0 Å². The minimum atomic E-state index is 0.565. The quantitative estimate of drug-likeness (QED) is 0.170. The molecule has 0 atom stereocenters. The Balaban J connectivity index is 1.24. The van der Waals surface area contributed by atoms with Gasteiger partial charge >= 0.3 is 0 Å². The molecule has 0 bridgehead atoms. The summed E-state index contributed by atoms with van der Waals surface area (Å²) >= 11 is 0. The molecule has 0 spiro atoms. The van der Waals surface area contributed by atoms with Crippen molar-refractivity contribution in [3.05, 3.63) is 200 Å². The normalized spacial score (nSPS) is 11.4. The first-order chi connectivity index (χ1) is 28.7. The van der Waals surface area contributed by atoms with Crippen molar-refractivity contribution in [3.63, 3.8) is 0 Å². The third kappa shape index (κ3) is 5.37. The van der Waals surface area contributed by atoms with E-state index < -0.39 is 0 Å². The van der Waals surface area contributed by atoms with Crippen LogP contribution in [0.5, 0.6) is 0 Å². The molecule has 3 heterocycles. The Morgan fingerprint density at radius 3 is 1.22 bits per heavy atom. The van der Waals surface area contributed by atoms with E-state index >= 15 is 0 Å². The molecule has 11 rings (SSSR count). The average molecular weight is 741 g/mol. The Morgan fingerprint density at radius 2 is 0.759 bits per heavy atom. The van der Waals surface area contributed by atoms with Crippen molar-refractivity contribution in [2.24, 2.45) is 0 Å². The molecule has 0 saturated carbocycles. The summed E-state index contributed by atoms with van der Waals surface area (Å²) in [5.41, 5.74) is 11.4. The highest BCUT2D eigenvalue weighted by Gasteiger charge is 2.22. The third-order valence-electron chi connectivity index (χ3n) is 11.0. The first-order valence-corrected chi connectivity index (χ1v) is 19.3. The number of hydrogen-bond donors (Lipinski definition) is 0. The smallest absolute Gasteiger partial charge is 0.164 e. The summed E-state index contributed by atoms with van der Waals surface area (Å²) in [5, 5.41) is 15.0. The van der Waals surface area contributed by atoms with Crippen LogP contribution in [0.25, 0.3) is 100 Å². The fraction of sp³-hybridized carbons (Fsp3) is 0. The molecular formula is C52H32N6. The molecule has 270 valence electrons. The number of rotatable bonds is 6. The van der Waals surface area contributed by atoms with Gasteiger partial charge in [-0.15, -0.1) is 0 Å². The van der Waals surface area contributed by atoms with E-state index in [1.807, 2.05) is 72.8 Å². The van der Waals surface area contributed by atoms with Crippen LogP contribution in [0.15, 0.2) is 194 Å². The van der Waals surface area contributed by atoms with Crippen LogP contribution in [0.3, 0.4) is 0 Å². The van der Waals surface area contributed by atoms with Crippen LogP contribution in [-0.4, -0.2) is 24.1 Å². The predicted octanol–water partition coefficient (Wildman–Crippen LogP) is 12.6. The molecule has 8 aromatic carbocycles. The summed E-state index contributed by atoms with van der Waals surface area (Å²) in [5.74, 6) is 1.76. The maximum atomic E-state index is 10.4. The zero-order valence-electron chi connectivity index (χ0n) is 31.2. The average Bonchev–Trinajstić information content (AvgIpc) is 3.82. The molecule has 6 heteroatoms. The Labute approximate surface area is 334 Å². The van der Waals surface area contributed by atoms with Crippen LogP contribution in [0, 0.1) is 11.3 Å². The zero-order chi connectivity index (χ0) is 38.6. The molecule has 6 nitrogen and oxygen atoms in total. The number of nitriles is 1. The monoisotopic (exact) mass is 740 g/mol. The van der Waals surface area contributed by atoms with E-state index in [4.69, 9.17) is 15.0 Å². The zero-order valence-corrected chi connectivity index (χ0v) is 31.2. The summed E-state index contributed by atoms with van der Waals surface area (Å²) in [6.07, 6.45) is 0. The Hall–Kier alpha value is -8.14. The largest absolute Gasteiger partial charge is 0.309 e. The lowest BCUT2D eigenvalue weighted by Crippen LogP contribution is -2.04. The van der Waals surface area contributed by atoms with Crippen molar-refractivity contribution >= 4 is 43.6 Å². The predicted molar refractivity (Wildman–Crippen MR) is 235 cm³/mol. The van der Waals surface area contributed by atoms with E-state index in [0.717, 1.165) is 72.0 Å². The fourth-order valence-electron chi connectivity index (χ4n) is 8.40. The third-order valence-corrected chi connectivity index (χ3v) is 11.0. The first kappa shape index (κ1) is 33.2. The van der Waals surface area contributed by atoms with Crippen LogP contribution >= 0.6 is 0 Å². The topological polar surface area (TPSA) is 72.3 Å². The first-order valence-electron chi connectivity index (χ1n) is 19.3. The van der Waals surface area contributed by atoms with Crippen LogP contribution in [0.2, 0.25) is 0 Å². The highest BCUT2D eigenvalue weighted by atomic mass is 15.0. The van der Waals surface area contributed by atoms with Gasteiger partial charge in [0, 0.05) is 49.4 Å². The van der Waals surface area contributed by atoms with Gasteiger partial charge in [-0.1, -0.05) is 146 Å². The Kier molecular flexibility index (Phi) is 7.76. The summed E-state index contributed by atoms with van der Waals surface area (Å²) in [6.45, 7) is 0. The van der Waals surface area contributed by atoms with Gasteiger partial charge in [-0.2, -0.15) is 5.26 Å². The summed E-state index contributed by atoms with van der Waals surface area (Å²) in [4.78, 5) is 15.2. The van der Waals surface area contributed by atoms with E-state index in [-0.39, 0.29) is 0 Å². The van der Waals surface area contributed by atoms with Crippen molar-refractivity contribution < 1.29 is 0 Å². The van der Waals surface area contributed by atoms with Crippen molar-refractivity contribution in [3.8, 4) is 62.7 Å². The fourth-order valence-corrected chi connectivity index (χ4v) is 8.40. The SMILES string of the molecule is N#Cc1ccc(-n2c3ccccc3c3ccccc32)c(-c2ccc(-c3nc(-c4ccccc4)nc(-c4ccccc4)n3)cc2-n2c3ccccc3c3ccccc32)c1. The molecule has 0 aliphatic rings. The molecule has 0 radical (unpaired) electrons. The number of fused-ring (bicyclic) bond motifs is 6. The molecule has 0 unspecified atom stereocenters. The Morgan fingerprint density at radius 1 is 0.345 bits per heavy atom. The highest BCUT2D eigenvalue weighted by Crippen LogP contribution is 2.42. The van der Waals surface area contributed by atoms with Gasteiger partial charge in [-0.25, -0.2) is 15.0 Å². The molecule has 58 heavy (non-hydrogen) atoms. The Bertz CT molecular complexity index is 3240. The van der Waals surface area contributed by atoms with Crippen molar-refractivity contribution in [2.75, 3.05) is 0 Å². The molecule has 0 aliphatic heterocycles. The maximum absolute atomic E-state index is 10.4. The van der Waals surface area contributed by atoms with E-state index in [2.05, 4.69) is 137 Å². The second-order valence-electron chi connectivity index (χ2n) is 14.4. The van der Waals surface area contributed by atoms with Gasteiger partial charge in [0.2, 0.25) is 0 Å². The second-order valence-corrected chi connectivity index (χ2v) is 14.4. The molecule has 11 aromatic rings. The maximum Gasteiger partial charge on any atom is 0.164 e. The van der Waals surface area contributed by atoms with E-state index in [0.29, 0.717) is 23.0 Å². The van der Waals surface area contributed by atoms with E-state index in [1.165, 1.54) is 10.8 Å². The number of benzene rings is 8. The number of nitrogens with zero attached hydrogens (tertiary/aromatic N) is 6. The number of hydrogen-bond acceptors (Lipinski definition) is 4. The van der Waals surface area contributed by atoms with E-state index in [1.54, 1.807) is 0 Å². The van der Waals surface area contributed by atoms with Crippen molar-refractivity contribution in [2.45, 2.75) is 0 Å². The van der Waals surface area contributed by atoms with Gasteiger partial charge in [0.1, 0.15) is 0 Å². The summed E-state index contributed by atoms with van der Waals surface area (Å²) < 4.78 is 4.67. The lowest BCUT2D eigenvalue weighted by molar-refractivity contribution is 1.07. The van der Waals surface area contributed by atoms with Gasteiger partial charge < -0.3 is 9.13 Å². The van der Waals surface area contributed by atoms with Crippen LogP contribution in [-0.2, 0) is 0 Å². The lowest BCUT2D eigenvalue weighted by Gasteiger charge is -2.20. The standard InChI is InChI=1S/C52H32N6/c53-33-34-27-30-48(57-44-23-11-7-19-38(44)39-20-8-12-24-45(39)57)43(31-34)42-29-28-37(32-49(42)58-46-25-13-9-21-40(46)41-22-10-14-26-47(41)58)52-55-50(35-15-3-1-4-16-35)54-51(56-52)36-17-5-2-6-18-36/h1-32H. The number of aromatic nitrogens is 5. The minimum absolute atomic E-state index is 0.565. The van der Waals surface area contributed by atoms with Crippen LogP contribution in [0.4, 0.5) is 0 Å². The lowest BCUT2D eigenvalue weighted by atomic mass is 9.97. The summed E-state index contributed by atoms with van der Waals surface area (Å²) in [6, 6.07) is 69.1. The molecular weight excluding hydrogens is 709 g/mol. The summed E-state index contributed by atoms with van der Waals surface area (Å²) in [7, 11) is 0. The van der Waals surface area contributed by atoms with Crippen molar-refractivity contribution in [1.29, 1.82) is 5.26 Å². The van der Waals surface area contributed by atoms with Gasteiger partial charge in [0.15, 0.2) is 17.5 Å². The molecule has 0 saturated heterocycles. The molecule has 0 amide bonds. The second kappa shape index (κ2) is 13.6. The van der Waals surface area contributed by atoms with Crippen molar-refractivity contribution in [1.82, 2.24) is 24.1 Å². The molecule has 0 N–H and O–H groups in total. The molecule has 0 aliphatic carbocycles. The highest BCUT2D eigenvalue weighted by molar-refractivity contribution is 6.11. The van der Waals surface area contributed by atoms with Crippen LogP contribution in [0.1, 0.15) is 5.56 Å². The van der Waals surface area contributed by atoms with Gasteiger partial charge in [0.05, 0.1) is 45.1 Å². The van der Waals surface area contributed by atoms with Gasteiger partial charge in [-0.05, 0) is 48.5 Å². The van der Waals surface area contributed by atoms with E-state index in [9.17, 15) is 5.26 Å². The van der Waals surface area contributed by atoms with Crippen LogP contribution < -0.4 is 0 Å². The molecule has 0 fully saturated rings. The molecule has 3 aromatic heterocycles. The minimum Gasteiger partial charge on any atom is -0.309 e. The number of para-hydroxylation sites is 4.